The average molecular weight is 320 g/mol. The highest BCUT2D eigenvalue weighted by Crippen LogP contribution is 2.35. The minimum absolute atomic E-state index is 0.144. The Morgan fingerprint density at radius 2 is 2.00 bits per heavy atom. The van der Waals surface area contributed by atoms with Gasteiger partial charge in [-0.3, -0.25) is 0 Å². The third-order valence-corrected chi connectivity index (χ3v) is 3.57. The number of hydrogen-bond acceptors (Lipinski definition) is 5. The van der Waals surface area contributed by atoms with Gasteiger partial charge in [-0.1, -0.05) is 0 Å². The van der Waals surface area contributed by atoms with Crippen LogP contribution in [0.4, 0.5) is 4.79 Å². The number of esters is 1. The van der Waals surface area contributed by atoms with Gasteiger partial charge in [-0.25, -0.2) is 9.59 Å². The molecule has 2 amide bonds. The Kier molecular flexibility index (Phi) is 5.10. The maximum Gasteiger partial charge on any atom is 0.354 e. The Hall–Kier alpha value is -2.70. The van der Waals surface area contributed by atoms with E-state index in [9.17, 15) is 9.59 Å². The minimum Gasteiger partial charge on any atom is -0.497 e. The summed E-state index contributed by atoms with van der Waals surface area (Å²) in [5, 5.41) is 5.28. The van der Waals surface area contributed by atoms with Gasteiger partial charge in [0.05, 0.1) is 26.9 Å². The maximum atomic E-state index is 12.0. The fraction of sp³-hybridized carbons (Fsp3) is 0.375. The van der Waals surface area contributed by atoms with E-state index in [2.05, 4.69) is 10.6 Å². The second kappa shape index (κ2) is 7.04. The van der Waals surface area contributed by atoms with Crippen LogP contribution in [-0.4, -0.2) is 32.8 Å². The number of benzene rings is 1. The fourth-order valence-corrected chi connectivity index (χ4v) is 2.42. The van der Waals surface area contributed by atoms with Gasteiger partial charge in [-0.15, -0.1) is 0 Å². The summed E-state index contributed by atoms with van der Waals surface area (Å²) in [7, 11) is 3.10. The van der Waals surface area contributed by atoms with E-state index >= 15 is 0 Å². The number of nitrogens with one attached hydrogen (secondary N) is 2. The Morgan fingerprint density at radius 3 is 2.61 bits per heavy atom. The minimum atomic E-state index is -0.563. The van der Waals surface area contributed by atoms with Crippen LogP contribution in [0.25, 0.3) is 0 Å². The van der Waals surface area contributed by atoms with E-state index in [4.69, 9.17) is 14.2 Å². The zero-order chi connectivity index (χ0) is 17.0. The first-order valence-electron chi connectivity index (χ1n) is 7.19. The number of amides is 2. The van der Waals surface area contributed by atoms with Crippen LogP contribution >= 0.6 is 0 Å². The smallest absolute Gasteiger partial charge is 0.354 e. The number of urea groups is 1. The van der Waals surface area contributed by atoms with Crippen molar-refractivity contribution in [2.75, 3.05) is 20.8 Å². The molecule has 0 radical (unpaired) electrons. The maximum absolute atomic E-state index is 12.0. The molecular weight excluding hydrogens is 300 g/mol. The highest BCUT2D eigenvalue weighted by Gasteiger charge is 2.31. The Morgan fingerprint density at radius 1 is 1.26 bits per heavy atom. The van der Waals surface area contributed by atoms with E-state index in [1.165, 1.54) is 0 Å². The first kappa shape index (κ1) is 16.7. The lowest BCUT2D eigenvalue weighted by molar-refractivity contribution is -0.139. The number of carbonyl (C=O) groups excluding carboxylic acids is 2. The Bertz CT molecular complexity index is 654. The lowest BCUT2D eigenvalue weighted by atomic mass is 9.95. The van der Waals surface area contributed by atoms with Gasteiger partial charge in [-0.05, 0) is 37.6 Å². The van der Waals surface area contributed by atoms with E-state index in [1.807, 2.05) is 0 Å². The molecule has 1 heterocycles. The van der Waals surface area contributed by atoms with Gasteiger partial charge in [0, 0.05) is 5.56 Å². The van der Waals surface area contributed by atoms with Crippen LogP contribution in [0.15, 0.2) is 29.5 Å². The summed E-state index contributed by atoms with van der Waals surface area (Å²) in [6.45, 7) is 3.69. The van der Waals surface area contributed by atoms with Crippen LogP contribution < -0.4 is 20.1 Å². The van der Waals surface area contributed by atoms with Crippen molar-refractivity contribution in [3.8, 4) is 11.5 Å². The standard InChI is InChI=1S/C16H20N2O5/c1-5-23-15(19)14-9(2)13(17-16(20)18-14)11-8-10(21-3)6-7-12(11)22-4/h6-8,13H,5H2,1-4H3,(H2,17,18,20)/t13-/m1/s1. The van der Waals surface area contributed by atoms with Crippen molar-refractivity contribution < 1.29 is 23.8 Å². The molecule has 23 heavy (non-hydrogen) atoms. The fourth-order valence-electron chi connectivity index (χ4n) is 2.42. The summed E-state index contributed by atoms with van der Waals surface area (Å²) in [6, 6.07) is 4.28. The van der Waals surface area contributed by atoms with E-state index in [0.29, 0.717) is 22.6 Å². The molecule has 7 heteroatoms. The summed E-state index contributed by atoms with van der Waals surface area (Å²) >= 11 is 0. The zero-order valence-corrected chi connectivity index (χ0v) is 13.6. The third kappa shape index (κ3) is 3.39. The molecule has 0 saturated carbocycles. The largest absolute Gasteiger partial charge is 0.497 e. The first-order valence-corrected chi connectivity index (χ1v) is 7.19. The summed E-state index contributed by atoms with van der Waals surface area (Å²) in [4.78, 5) is 24.0. The molecular formula is C16H20N2O5. The van der Waals surface area contributed by atoms with Crippen LogP contribution in [0.5, 0.6) is 11.5 Å². The van der Waals surface area contributed by atoms with E-state index in [1.54, 1.807) is 46.3 Å². The van der Waals surface area contributed by atoms with Crippen molar-refractivity contribution in [2.45, 2.75) is 19.9 Å². The molecule has 0 aromatic heterocycles. The topological polar surface area (TPSA) is 85.9 Å². The lowest BCUT2D eigenvalue weighted by Crippen LogP contribution is -2.45. The van der Waals surface area contributed by atoms with Crippen molar-refractivity contribution >= 4 is 12.0 Å². The van der Waals surface area contributed by atoms with E-state index < -0.39 is 18.0 Å². The SMILES string of the molecule is CCOC(=O)C1=C(C)[C@H](c2cc(OC)ccc2OC)NC(=O)N1. The van der Waals surface area contributed by atoms with E-state index in [-0.39, 0.29) is 12.3 Å². The summed E-state index contributed by atoms with van der Waals surface area (Å²) in [5.41, 5.74) is 1.47. The molecule has 1 aliphatic heterocycles. The van der Waals surface area contributed by atoms with Crippen LogP contribution in [0.2, 0.25) is 0 Å². The normalized spacial score (nSPS) is 17.2. The zero-order valence-electron chi connectivity index (χ0n) is 13.6. The van der Waals surface area contributed by atoms with Crippen molar-refractivity contribution in [1.29, 1.82) is 0 Å². The van der Waals surface area contributed by atoms with Crippen LogP contribution in [-0.2, 0) is 9.53 Å². The third-order valence-electron chi connectivity index (χ3n) is 3.57. The number of hydrogen-bond donors (Lipinski definition) is 2. The van der Waals surface area contributed by atoms with Gasteiger partial charge < -0.3 is 24.8 Å². The highest BCUT2D eigenvalue weighted by molar-refractivity contribution is 5.96. The monoisotopic (exact) mass is 320 g/mol. The summed E-state index contributed by atoms with van der Waals surface area (Å²) < 4.78 is 15.6. The van der Waals surface area contributed by atoms with Gasteiger partial charge >= 0.3 is 12.0 Å². The molecule has 0 aliphatic carbocycles. The number of carbonyl (C=O) groups is 2. The molecule has 124 valence electrons. The molecule has 1 aromatic rings. The van der Waals surface area contributed by atoms with Gasteiger partial charge in [0.2, 0.25) is 0 Å². The molecule has 1 aliphatic rings. The molecule has 2 rings (SSSR count). The predicted octanol–water partition coefficient (Wildman–Crippen LogP) is 1.89. The first-order chi connectivity index (χ1) is 11.0. The molecule has 2 N–H and O–H groups in total. The second-order valence-corrected chi connectivity index (χ2v) is 4.92. The molecule has 0 spiro atoms. The summed E-state index contributed by atoms with van der Waals surface area (Å²) in [6.07, 6.45) is 0. The Labute approximate surface area is 134 Å². The van der Waals surface area contributed by atoms with Crippen molar-refractivity contribution in [3.63, 3.8) is 0 Å². The van der Waals surface area contributed by atoms with Gasteiger partial charge in [0.15, 0.2) is 0 Å². The van der Waals surface area contributed by atoms with Gasteiger partial charge in [-0.2, -0.15) is 0 Å². The molecule has 0 unspecified atom stereocenters. The molecule has 0 fully saturated rings. The van der Waals surface area contributed by atoms with Crippen molar-refractivity contribution in [2.24, 2.45) is 0 Å². The van der Waals surface area contributed by atoms with Crippen LogP contribution in [0.1, 0.15) is 25.5 Å². The highest BCUT2D eigenvalue weighted by atomic mass is 16.5. The molecule has 0 saturated heterocycles. The van der Waals surface area contributed by atoms with Crippen molar-refractivity contribution in [1.82, 2.24) is 10.6 Å². The van der Waals surface area contributed by atoms with Gasteiger partial charge in [0.25, 0.3) is 0 Å². The molecule has 1 aromatic carbocycles. The lowest BCUT2D eigenvalue weighted by Gasteiger charge is -2.29. The Balaban J connectivity index is 2.50. The quantitative estimate of drug-likeness (QED) is 0.809. The van der Waals surface area contributed by atoms with Gasteiger partial charge in [0.1, 0.15) is 17.2 Å². The average Bonchev–Trinajstić information content (AvgIpc) is 2.56. The predicted molar refractivity (Wildman–Crippen MR) is 83.3 cm³/mol. The van der Waals surface area contributed by atoms with Crippen LogP contribution in [0.3, 0.4) is 0 Å². The van der Waals surface area contributed by atoms with E-state index in [0.717, 1.165) is 0 Å². The molecule has 7 nitrogen and oxygen atoms in total. The molecule has 1 atom stereocenters. The number of ether oxygens (including phenoxy) is 3. The van der Waals surface area contributed by atoms with Crippen LogP contribution in [0, 0.1) is 0 Å². The second-order valence-electron chi connectivity index (χ2n) is 4.92. The number of rotatable bonds is 5. The van der Waals surface area contributed by atoms with Crippen molar-refractivity contribution in [3.05, 3.63) is 35.0 Å². The summed E-state index contributed by atoms with van der Waals surface area (Å²) in [5.74, 6) is 0.645. The number of methoxy groups -OCH3 is 2. The molecule has 0 bridgehead atoms.